The summed E-state index contributed by atoms with van der Waals surface area (Å²) in [6, 6.07) is 1.65. The molecular weight excluding hydrogens is 151 g/mol. The van der Waals surface area contributed by atoms with Gasteiger partial charge in [0.2, 0.25) is 0 Å². The van der Waals surface area contributed by atoms with E-state index < -0.39 is 8.32 Å². The molecule has 0 aromatic heterocycles. The van der Waals surface area contributed by atoms with Gasteiger partial charge in [-0.3, -0.25) is 0 Å². The normalized spacial score (nSPS) is 11.6. The molecule has 0 bridgehead atoms. The Morgan fingerprint density at radius 3 is 1.80 bits per heavy atom. The van der Waals surface area contributed by atoms with Crippen LogP contribution >= 0.6 is 0 Å². The summed E-state index contributed by atoms with van der Waals surface area (Å²) >= 11 is 0. The van der Waals surface area contributed by atoms with E-state index in [1.807, 2.05) is 32.5 Å². The van der Waals surface area contributed by atoms with Crippen LogP contribution in [0.5, 0.6) is 0 Å². The van der Waals surface area contributed by atoms with Crippen LogP contribution in [0.15, 0.2) is 11.8 Å². The smallest absolute Gasteiger partial charge is 0.855 e. The molecule has 0 heterocycles. The molecule has 0 saturated heterocycles. The van der Waals surface area contributed by atoms with E-state index >= 15 is 0 Å². The predicted molar refractivity (Wildman–Crippen MR) is 41.5 cm³/mol. The molecule has 0 spiro atoms. The van der Waals surface area contributed by atoms with Crippen LogP contribution in [-0.4, -0.2) is 8.32 Å². The van der Waals surface area contributed by atoms with Gasteiger partial charge in [0.25, 0.3) is 0 Å². The zero-order chi connectivity index (χ0) is 7.33. The molecular formula is C7H15NaOSi. The van der Waals surface area contributed by atoms with Crippen LogP contribution < -0.4 is 34.4 Å². The van der Waals surface area contributed by atoms with Gasteiger partial charge in [0.1, 0.15) is 0 Å². The van der Waals surface area contributed by atoms with Gasteiger partial charge in [0.05, 0.1) is 0 Å². The van der Waals surface area contributed by atoms with E-state index in [0.29, 0.717) is 0 Å². The summed E-state index contributed by atoms with van der Waals surface area (Å²) < 4.78 is 0. The summed E-state index contributed by atoms with van der Waals surface area (Å²) in [6.45, 7) is 5.90. The Morgan fingerprint density at radius 1 is 1.30 bits per heavy atom. The average Bonchev–Trinajstić information content (AvgIpc) is 1.89. The Kier molecular flexibility index (Phi) is 8.93. The second-order valence-electron chi connectivity index (χ2n) is 2.27. The second kappa shape index (κ2) is 6.62. The van der Waals surface area contributed by atoms with Crippen molar-refractivity contribution in [2.24, 2.45) is 0 Å². The van der Waals surface area contributed by atoms with Gasteiger partial charge in [-0.05, 0) is 15.2 Å². The molecule has 0 saturated carbocycles. The fourth-order valence-electron chi connectivity index (χ4n) is 0.789. The quantitative estimate of drug-likeness (QED) is 0.466. The maximum absolute atomic E-state index is 11.5. The van der Waals surface area contributed by atoms with Crippen molar-refractivity contribution in [2.45, 2.75) is 32.9 Å². The molecule has 54 valence electrons. The SMILES string of the molecule is C/C=C/[Si]([O-])(CC)CC.[Na+]. The fraction of sp³-hybridized carbons (Fsp3) is 0.714. The van der Waals surface area contributed by atoms with E-state index in [1.54, 1.807) is 0 Å². The average molecular weight is 166 g/mol. The van der Waals surface area contributed by atoms with Gasteiger partial charge in [-0.1, -0.05) is 32.0 Å². The van der Waals surface area contributed by atoms with Crippen LogP contribution in [0.1, 0.15) is 20.8 Å². The molecule has 0 N–H and O–H groups in total. The van der Waals surface area contributed by atoms with Crippen LogP contribution in [0, 0.1) is 0 Å². The Balaban J connectivity index is 0. The third-order valence-corrected chi connectivity index (χ3v) is 5.00. The molecule has 0 aliphatic carbocycles. The van der Waals surface area contributed by atoms with Crippen LogP contribution in [0.4, 0.5) is 0 Å². The van der Waals surface area contributed by atoms with Gasteiger partial charge in [-0.25, -0.2) is 0 Å². The monoisotopic (exact) mass is 166 g/mol. The first-order chi connectivity index (χ1) is 4.18. The van der Waals surface area contributed by atoms with Crippen LogP contribution in [0.25, 0.3) is 0 Å². The largest absolute Gasteiger partial charge is 1.00 e. The molecule has 0 aliphatic heterocycles. The first-order valence-corrected chi connectivity index (χ1v) is 5.92. The predicted octanol–water partition coefficient (Wildman–Crippen LogP) is -1.55. The van der Waals surface area contributed by atoms with Gasteiger partial charge < -0.3 is 4.80 Å². The van der Waals surface area contributed by atoms with Crippen molar-refractivity contribution in [1.29, 1.82) is 0 Å². The summed E-state index contributed by atoms with van der Waals surface area (Å²) in [5.41, 5.74) is 1.88. The van der Waals surface area contributed by atoms with Gasteiger partial charge in [-0.2, -0.15) is 0 Å². The third-order valence-electron chi connectivity index (χ3n) is 1.67. The topological polar surface area (TPSA) is 23.1 Å². The molecule has 1 nitrogen and oxygen atoms in total. The van der Waals surface area contributed by atoms with E-state index in [-0.39, 0.29) is 29.6 Å². The van der Waals surface area contributed by atoms with Crippen molar-refractivity contribution >= 4 is 8.32 Å². The Hall–Kier alpha value is 0.917. The van der Waals surface area contributed by atoms with Crippen molar-refractivity contribution in [3.63, 3.8) is 0 Å². The van der Waals surface area contributed by atoms with E-state index in [9.17, 15) is 4.80 Å². The summed E-state index contributed by atoms with van der Waals surface area (Å²) in [5.74, 6) is 0. The number of hydrogen-bond acceptors (Lipinski definition) is 1. The summed E-state index contributed by atoms with van der Waals surface area (Å²) in [6.07, 6.45) is 1.90. The Morgan fingerprint density at radius 2 is 1.70 bits per heavy atom. The van der Waals surface area contributed by atoms with Crippen molar-refractivity contribution in [3.8, 4) is 0 Å². The molecule has 0 unspecified atom stereocenters. The van der Waals surface area contributed by atoms with Gasteiger partial charge in [-0.15, -0.1) is 5.70 Å². The Bertz CT molecular complexity index is 99.8. The minimum absolute atomic E-state index is 0. The third kappa shape index (κ3) is 4.69. The van der Waals surface area contributed by atoms with Crippen LogP contribution in [0.3, 0.4) is 0 Å². The summed E-state index contributed by atoms with van der Waals surface area (Å²) in [4.78, 5) is 11.5. The van der Waals surface area contributed by atoms with Crippen molar-refractivity contribution in [3.05, 3.63) is 11.8 Å². The molecule has 0 atom stereocenters. The summed E-state index contributed by atoms with van der Waals surface area (Å²) in [5, 5.41) is 0. The number of rotatable bonds is 3. The van der Waals surface area contributed by atoms with E-state index in [4.69, 9.17) is 0 Å². The van der Waals surface area contributed by atoms with E-state index in [1.165, 1.54) is 0 Å². The van der Waals surface area contributed by atoms with Crippen LogP contribution in [0.2, 0.25) is 12.1 Å². The molecule has 0 aromatic rings. The molecule has 0 amide bonds. The minimum Gasteiger partial charge on any atom is -0.855 e. The van der Waals surface area contributed by atoms with E-state index in [2.05, 4.69) is 0 Å². The van der Waals surface area contributed by atoms with Gasteiger partial charge >= 0.3 is 29.6 Å². The van der Waals surface area contributed by atoms with Gasteiger partial charge in [0.15, 0.2) is 0 Å². The first kappa shape index (κ1) is 13.5. The van der Waals surface area contributed by atoms with Gasteiger partial charge in [0, 0.05) is 0 Å². The van der Waals surface area contributed by atoms with Crippen molar-refractivity contribution in [1.82, 2.24) is 0 Å². The number of hydrogen-bond donors (Lipinski definition) is 0. The minimum atomic E-state index is -2.13. The van der Waals surface area contributed by atoms with E-state index in [0.717, 1.165) is 12.1 Å². The zero-order valence-corrected chi connectivity index (χ0v) is 10.5. The molecule has 3 heteroatoms. The number of allylic oxidation sites excluding steroid dienone is 1. The van der Waals surface area contributed by atoms with Crippen molar-refractivity contribution in [2.75, 3.05) is 0 Å². The molecule has 0 rings (SSSR count). The maximum Gasteiger partial charge on any atom is 1.00 e. The second-order valence-corrected chi connectivity index (χ2v) is 6.15. The maximum atomic E-state index is 11.5. The molecule has 0 radical (unpaired) electrons. The first-order valence-electron chi connectivity index (χ1n) is 3.52. The summed E-state index contributed by atoms with van der Waals surface area (Å²) in [7, 11) is -2.13. The van der Waals surface area contributed by atoms with Crippen molar-refractivity contribution < 1.29 is 34.4 Å². The zero-order valence-electron chi connectivity index (χ0n) is 7.48. The fourth-order valence-corrected chi connectivity index (χ4v) is 2.37. The molecule has 0 aliphatic rings. The molecule has 0 aromatic carbocycles. The standard InChI is InChI=1S/C7H15OSi.Na/c1-4-7-9(8,5-2)6-3;/h4,7H,5-6H2,1-3H3;/q-1;+1/b7-4+;. The van der Waals surface area contributed by atoms with Crippen LogP contribution in [-0.2, 0) is 0 Å². The Labute approximate surface area is 87.0 Å². The molecule has 0 fully saturated rings. The molecule has 10 heavy (non-hydrogen) atoms.